The summed E-state index contributed by atoms with van der Waals surface area (Å²) in [6.45, 7) is 4.44. The lowest BCUT2D eigenvalue weighted by atomic mass is 9.77. The Morgan fingerprint density at radius 3 is 2.96 bits per heavy atom. The minimum absolute atomic E-state index is 0.00465. The molecular weight excluding hydrogens is 328 g/mol. The number of fused-ring (bicyclic) bond motifs is 3. The lowest BCUT2D eigenvalue weighted by molar-refractivity contribution is -0.155. The molecule has 5 nitrogen and oxygen atoms in total. The fourth-order valence-corrected chi connectivity index (χ4v) is 3.91. The number of aromatic nitrogens is 1. The van der Waals surface area contributed by atoms with E-state index in [1.54, 1.807) is 12.1 Å². The van der Waals surface area contributed by atoms with Gasteiger partial charge in [0.05, 0.1) is 40.9 Å². The van der Waals surface area contributed by atoms with Gasteiger partial charge < -0.3 is 14.8 Å². The molecule has 1 aromatic heterocycles. The second-order valence-electron chi connectivity index (χ2n) is 6.30. The molecule has 1 aliphatic rings. The standard InChI is InChI=1S/C18H19ClN2O3/c1-3-10(2)18(8-14(22)23)17-12(6-7-24-18)15-11(9-20)4-5-13(19)16(15)21-17/h4-5,10,21H,3,6-8H2,1-2H3,(H,22,23)/t10?,18-/m1/s1. The Balaban J connectivity index is 2.34. The number of hydrogen-bond donors (Lipinski definition) is 2. The van der Waals surface area contributed by atoms with E-state index in [9.17, 15) is 15.2 Å². The van der Waals surface area contributed by atoms with E-state index in [1.807, 2.05) is 13.8 Å². The van der Waals surface area contributed by atoms with E-state index >= 15 is 0 Å². The highest BCUT2D eigenvalue weighted by Crippen LogP contribution is 2.46. The average Bonchev–Trinajstić information content (AvgIpc) is 2.96. The van der Waals surface area contributed by atoms with Crippen LogP contribution in [-0.4, -0.2) is 22.7 Å². The number of carboxylic acid groups (broad SMARTS) is 1. The van der Waals surface area contributed by atoms with Crippen LogP contribution >= 0.6 is 11.6 Å². The van der Waals surface area contributed by atoms with Crippen molar-refractivity contribution in [3.63, 3.8) is 0 Å². The second-order valence-corrected chi connectivity index (χ2v) is 6.71. The third-order valence-electron chi connectivity index (χ3n) is 5.09. The topological polar surface area (TPSA) is 86.1 Å². The van der Waals surface area contributed by atoms with Crippen LogP contribution in [-0.2, 0) is 21.6 Å². The number of carboxylic acids is 1. The minimum atomic E-state index is -0.927. The van der Waals surface area contributed by atoms with Gasteiger partial charge in [0.1, 0.15) is 5.60 Å². The molecule has 126 valence electrons. The zero-order chi connectivity index (χ0) is 17.5. The molecule has 2 N–H and O–H groups in total. The lowest BCUT2D eigenvalue weighted by Crippen LogP contribution is -2.43. The van der Waals surface area contributed by atoms with E-state index in [0.29, 0.717) is 29.1 Å². The third-order valence-corrected chi connectivity index (χ3v) is 5.40. The molecule has 0 aliphatic carbocycles. The first kappa shape index (κ1) is 16.8. The molecule has 0 saturated heterocycles. The highest BCUT2D eigenvalue weighted by atomic mass is 35.5. The number of aromatic amines is 1. The molecule has 2 aromatic rings. The van der Waals surface area contributed by atoms with Crippen LogP contribution in [0.1, 0.15) is 43.5 Å². The molecule has 0 bridgehead atoms. The summed E-state index contributed by atoms with van der Waals surface area (Å²) in [7, 11) is 0. The Hall–Kier alpha value is -2.03. The number of nitriles is 1. The van der Waals surface area contributed by atoms with Gasteiger partial charge in [-0.25, -0.2) is 0 Å². The van der Waals surface area contributed by atoms with Gasteiger partial charge in [-0.3, -0.25) is 4.79 Å². The molecule has 0 radical (unpaired) electrons. The Bertz CT molecular complexity index is 852. The Morgan fingerprint density at radius 1 is 1.58 bits per heavy atom. The van der Waals surface area contributed by atoms with Crippen molar-refractivity contribution in [1.82, 2.24) is 4.98 Å². The summed E-state index contributed by atoms with van der Waals surface area (Å²) in [6, 6.07) is 5.60. The molecule has 2 heterocycles. The van der Waals surface area contributed by atoms with E-state index in [4.69, 9.17) is 16.3 Å². The number of nitrogens with zero attached hydrogens (tertiary/aromatic N) is 1. The van der Waals surface area contributed by atoms with Crippen molar-refractivity contribution >= 4 is 28.5 Å². The first-order chi connectivity index (χ1) is 11.4. The van der Waals surface area contributed by atoms with Crippen LogP contribution < -0.4 is 0 Å². The highest BCUT2D eigenvalue weighted by Gasteiger charge is 2.46. The van der Waals surface area contributed by atoms with Gasteiger partial charge in [0, 0.05) is 5.39 Å². The zero-order valence-electron chi connectivity index (χ0n) is 13.6. The monoisotopic (exact) mass is 346 g/mol. The Labute approximate surface area is 145 Å². The van der Waals surface area contributed by atoms with Gasteiger partial charge in [-0.05, 0) is 30.0 Å². The molecule has 0 fully saturated rings. The van der Waals surface area contributed by atoms with Gasteiger partial charge in [0.15, 0.2) is 0 Å². The SMILES string of the molecule is CCC(C)[C@@]1(CC(=O)O)OCCc2c1[nH]c1c(Cl)ccc(C#N)c21. The number of nitrogens with one attached hydrogen (secondary N) is 1. The van der Waals surface area contributed by atoms with E-state index < -0.39 is 11.6 Å². The van der Waals surface area contributed by atoms with Crippen LogP contribution in [0.3, 0.4) is 0 Å². The summed E-state index contributed by atoms with van der Waals surface area (Å²) >= 11 is 6.32. The van der Waals surface area contributed by atoms with Crippen LogP contribution in [0, 0.1) is 17.2 Å². The maximum atomic E-state index is 11.5. The van der Waals surface area contributed by atoms with E-state index in [0.717, 1.165) is 23.1 Å². The summed E-state index contributed by atoms with van der Waals surface area (Å²) < 4.78 is 6.06. The van der Waals surface area contributed by atoms with E-state index in [1.165, 1.54) is 0 Å². The van der Waals surface area contributed by atoms with Crippen molar-refractivity contribution < 1.29 is 14.6 Å². The van der Waals surface area contributed by atoms with Crippen LogP contribution in [0.2, 0.25) is 5.02 Å². The molecular formula is C18H19ClN2O3. The van der Waals surface area contributed by atoms with Crippen LogP contribution in [0.15, 0.2) is 12.1 Å². The number of aliphatic carboxylic acids is 1. The number of halogens is 1. The highest BCUT2D eigenvalue weighted by molar-refractivity contribution is 6.35. The predicted octanol–water partition coefficient (Wildman–Crippen LogP) is 3.98. The number of carbonyl (C=O) groups is 1. The van der Waals surface area contributed by atoms with Gasteiger partial charge in [-0.2, -0.15) is 5.26 Å². The van der Waals surface area contributed by atoms with E-state index in [2.05, 4.69) is 11.1 Å². The van der Waals surface area contributed by atoms with Crippen LogP contribution in [0.4, 0.5) is 0 Å². The summed E-state index contributed by atoms with van der Waals surface area (Å²) in [5, 5.41) is 20.2. The fraction of sp³-hybridized carbons (Fsp3) is 0.444. The first-order valence-electron chi connectivity index (χ1n) is 8.04. The van der Waals surface area contributed by atoms with Crippen molar-refractivity contribution in [1.29, 1.82) is 5.26 Å². The van der Waals surface area contributed by atoms with Gasteiger partial charge in [-0.15, -0.1) is 0 Å². The minimum Gasteiger partial charge on any atom is -0.481 e. The quantitative estimate of drug-likeness (QED) is 0.876. The van der Waals surface area contributed by atoms with Crippen molar-refractivity contribution in [3.05, 3.63) is 34.0 Å². The van der Waals surface area contributed by atoms with Crippen molar-refractivity contribution in [2.24, 2.45) is 5.92 Å². The molecule has 0 spiro atoms. The van der Waals surface area contributed by atoms with Crippen LogP contribution in [0.5, 0.6) is 0 Å². The summed E-state index contributed by atoms with van der Waals surface area (Å²) in [4.78, 5) is 14.8. The molecule has 0 amide bonds. The predicted molar refractivity (Wildman–Crippen MR) is 91.1 cm³/mol. The summed E-state index contributed by atoms with van der Waals surface area (Å²) in [6.07, 6.45) is 1.28. The molecule has 3 rings (SSSR count). The third kappa shape index (κ3) is 2.38. The molecule has 1 unspecified atom stereocenters. The van der Waals surface area contributed by atoms with Gasteiger partial charge in [-0.1, -0.05) is 31.9 Å². The number of H-pyrrole nitrogens is 1. The molecule has 1 aromatic carbocycles. The van der Waals surface area contributed by atoms with E-state index in [-0.39, 0.29) is 12.3 Å². The maximum absolute atomic E-state index is 11.5. The first-order valence-corrected chi connectivity index (χ1v) is 8.41. The zero-order valence-corrected chi connectivity index (χ0v) is 14.4. The normalized spacial score (nSPS) is 21.2. The van der Waals surface area contributed by atoms with Crippen LogP contribution in [0.25, 0.3) is 10.9 Å². The number of benzene rings is 1. The molecule has 6 heteroatoms. The molecule has 0 saturated carbocycles. The largest absolute Gasteiger partial charge is 0.481 e. The number of rotatable bonds is 4. The summed E-state index contributed by atoms with van der Waals surface area (Å²) in [5.41, 5.74) is 2.01. The molecule has 2 atom stereocenters. The fourth-order valence-electron chi connectivity index (χ4n) is 3.71. The van der Waals surface area contributed by atoms with Crippen molar-refractivity contribution in [2.45, 2.75) is 38.7 Å². The average molecular weight is 347 g/mol. The number of ether oxygens (including phenoxy) is 1. The summed E-state index contributed by atoms with van der Waals surface area (Å²) in [5.74, 6) is -0.904. The maximum Gasteiger partial charge on any atom is 0.306 e. The lowest BCUT2D eigenvalue weighted by Gasteiger charge is -2.40. The Morgan fingerprint density at radius 2 is 2.33 bits per heavy atom. The van der Waals surface area contributed by atoms with Crippen molar-refractivity contribution in [3.8, 4) is 6.07 Å². The van der Waals surface area contributed by atoms with Gasteiger partial charge in [0.2, 0.25) is 0 Å². The van der Waals surface area contributed by atoms with Gasteiger partial charge >= 0.3 is 5.97 Å². The molecule has 1 aliphatic heterocycles. The number of hydrogen-bond acceptors (Lipinski definition) is 3. The smallest absolute Gasteiger partial charge is 0.306 e. The van der Waals surface area contributed by atoms with Gasteiger partial charge in [0.25, 0.3) is 0 Å². The molecule has 24 heavy (non-hydrogen) atoms. The Kier molecular flexibility index (Phi) is 4.29. The van der Waals surface area contributed by atoms with Crippen molar-refractivity contribution in [2.75, 3.05) is 6.61 Å². The second kappa shape index (κ2) is 6.12.